The molecule has 1 aliphatic carbocycles. The standard InChI is InChI=1S/C11H16/c1-2-3-4-5-8-11-9-6-7-10-11/h6,9,11H,2-4,7,10H2,1H3. The summed E-state index contributed by atoms with van der Waals surface area (Å²) in [5.41, 5.74) is 0. The Hall–Kier alpha value is -0.700. The molecule has 0 fully saturated rings. The number of unbranched alkanes of at least 4 members (excludes halogenated alkanes) is 2. The Labute approximate surface area is 69.7 Å². The molecule has 0 bridgehead atoms. The third-order valence-corrected chi connectivity index (χ3v) is 1.96. The summed E-state index contributed by atoms with van der Waals surface area (Å²) in [6.07, 6.45) is 10.5. The van der Waals surface area contributed by atoms with Crippen molar-refractivity contribution in [1.82, 2.24) is 0 Å². The minimum absolute atomic E-state index is 0.576. The molecule has 0 heteroatoms. The van der Waals surface area contributed by atoms with Crippen molar-refractivity contribution in [2.24, 2.45) is 5.92 Å². The molecule has 0 saturated carbocycles. The van der Waals surface area contributed by atoms with Crippen LogP contribution in [0.15, 0.2) is 12.2 Å². The Morgan fingerprint density at radius 1 is 1.55 bits per heavy atom. The molecule has 0 heterocycles. The highest BCUT2D eigenvalue weighted by atomic mass is 14.1. The van der Waals surface area contributed by atoms with Crippen LogP contribution in [0.4, 0.5) is 0 Å². The van der Waals surface area contributed by atoms with Crippen molar-refractivity contribution in [3.63, 3.8) is 0 Å². The van der Waals surface area contributed by atoms with E-state index in [4.69, 9.17) is 0 Å². The molecule has 60 valence electrons. The van der Waals surface area contributed by atoms with Crippen molar-refractivity contribution >= 4 is 0 Å². The highest BCUT2D eigenvalue weighted by molar-refractivity contribution is 5.14. The van der Waals surface area contributed by atoms with Gasteiger partial charge in [-0.3, -0.25) is 0 Å². The molecule has 0 aromatic carbocycles. The normalized spacial score (nSPS) is 21.4. The molecule has 1 atom stereocenters. The van der Waals surface area contributed by atoms with Gasteiger partial charge in [0.2, 0.25) is 0 Å². The number of rotatable bonds is 2. The van der Waals surface area contributed by atoms with Crippen molar-refractivity contribution in [2.75, 3.05) is 0 Å². The molecule has 0 N–H and O–H groups in total. The van der Waals surface area contributed by atoms with Crippen molar-refractivity contribution < 1.29 is 0 Å². The highest BCUT2D eigenvalue weighted by Crippen LogP contribution is 2.15. The van der Waals surface area contributed by atoms with E-state index in [1.807, 2.05) is 0 Å². The second-order valence-electron chi connectivity index (χ2n) is 3.04. The van der Waals surface area contributed by atoms with Gasteiger partial charge in [0.15, 0.2) is 0 Å². The van der Waals surface area contributed by atoms with Crippen molar-refractivity contribution in [3.8, 4) is 11.8 Å². The van der Waals surface area contributed by atoms with E-state index in [9.17, 15) is 0 Å². The van der Waals surface area contributed by atoms with Crippen LogP contribution in [-0.4, -0.2) is 0 Å². The van der Waals surface area contributed by atoms with E-state index in [-0.39, 0.29) is 0 Å². The van der Waals surface area contributed by atoms with E-state index in [2.05, 4.69) is 30.9 Å². The largest absolute Gasteiger partial charge is 0.103 e. The molecule has 11 heavy (non-hydrogen) atoms. The molecule has 0 radical (unpaired) electrons. The molecule has 0 saturated heterocycles. The van der Waals surface area contributed by atoms with E-state index >= 15 is 0 Å². The van der Waals surface area contributed by atoms with Gasteiger partial charge >= 0.3 is 0 Å². The highest BCUT2D eigenvalue weighted by Gasteiger charge is 2.03. The zero-order valence-corrected chi connectivity index (χ0v) is 7.27. The van der Waals surface area contributed by atoms with Gasteiger partial charge in [-0.1, -0.05) is 31.4 Å². The summed E-state index contributed by atoms with van der Waals surface area (Å²) in [7, 11) is 0. The molecule has 1 unspecified atom stereocenters. The fraction of sp³-hybridized carbons (Fsp3) is 0.636. The van der Waals surface area contributed by atoms with Crippen LogP contribution in [0.3, 0.4) is 0 Å². The average molecular weight is 148 g/mol. The molecular weight excluding hydrogens is 132 g/mol. The number of allylic oxidation sites excluding steroid dienone is 2. The molecule has 1 rings (SSSR count). The summed E-state index contributed by atoms with van der Waals surface area (Å²) in [4.78, 5) is 0. The Balaban J connectivity index is 2.15. The molecule has 0 amide bonds. The first-order valence-electron chi connectivity index (χ1n) is 4.58. The zero-order chi connectivity index (χ0) is 7.94. The predicted molar refractivity (Wildman–Crippen MR) is 49.2 cm³/mol. The summed E-state index contributed by atoms with van der Waals surface area (Å²) in [5.74, 6) is 7.08. The Morgan fingerprint density at radius 3 is 3.09 bits per heavy atom. The van der Waals surface area contributed by atoms with Crippen molar-refractivity contribution in [1.29, 1.82) is 0 Å². The molecule has 0 spiro atoms. The zero-order valence-electron chi connectivity index (χ0n) is 7.27. The Morgan fingerprint density at radius 2 is 2.45 bits per heavy atom. The van der Waals surface area contributed by atoms with Gasteiger partial charge in [0, 0.05) is 12.3 Å². The quantitative estimate of drug-likeness (QED) is 0.320. The summed E-state index contributed by atoms with van der Waals surface area (Å²) in [6, 6.07) is 0. The molecule has 1 aliphatic rings. The second-order valence-corrected chi connectivity index (χ2v) is 3.04. The minimum atomic E-state index is 0.576. The maximum Gasteiger partial charge on any atom is 0.0385 e. The lowest BCUT2D eigenvalue weighted by molar-refractivity contribution is 0.789. The summed E-state index contributed by atoms with van der Waals surface area (Å²) >= 11 is 0. The Kier molecular flexibility index (Phi) is 3.83. The molecule has 0 aliphatic heterocycles. The van der Waals surface area contributed by atoms with Crippen LogP contribution in [0.2, 0.25) is 0 Å². The maximum absolute atomic E-state index is 3.28. The maximum atomic E-state index is 3.28. The van der Waals surface area contributed by atoms with Crippen LogP contribution in [0.1, 0.15) is 39.0 Å². The smallest absolute Gasteiger partial charge is 0.0385 e. The van der Waals surface area contributed by atoms with E-state index < -0.39 is 0 Å². The molecular formula is C11H16. The molecule has 0 aromatic heterocycles. The van der Waals surface area contributed by atoms with Gasteiger partial charge in [-0.05, 0) is 19.3 Å². The SMILES string of the molecule is CCCCC#CC1C=CCC1. The van der Waals surface area contributed by atoms with Crippen LogP contribution in [0.5, 0.6) is 0 Å². The van der Waals surface area contributed by atoms with Gasteiger partial charge in [-0.2, -0.15) is 0 Å². The van der Waals surface area contributed by atoms with Crippen LogP contribution in [-0.2, 0) is 0 Å². The van der Waals surface area contributed by atoms with Crippen molar-refractivity contribution in [2.45, 2.75) is 39.0 Å². The van der Waals surface area contributed by atoms with E-state index in [1.165, 1.54) is 25.7 Å². The third kappa shape index (κ3) is 3.28. The first-order valence-corrected chi connectivity index (χ1v) is 4.58. The Bertz CT molecular complexity index is 178. The molecule has 0 aromatic rings. The summed E-state index contributed by atoms with van der Waals surface area (Å²) < 4.78 is 0. The van der Waals surface area contributed by atoms with Gasteiger partial charge in [-0.25, -0.2) is 0 Å². The van der Waals surface area contributed by atoms with Gasteiger partial charge in [0.25, 0.3) is 0 Å². The lowest BCUT2D eigenvalue weighted by Crippen LogP contribution is -1.84. The van der Waals surface area contributed by atoms with Gasteiger partial charge in [0.05, 0.1) is 0 Å². The van der Waals surface area contributed by atoms with E-state index in [1.54, 1.807) is 0 Å². The summed E-state index contributed by atoms with van der Waals surface area (Å²) in [5, 5.41) is 0. The van der Waals surface area contributed by atoms with Gasteiger partial charge in [0.1, 0.15) is 0 Å². The average Bonchev–Trinajstić information content (AvgIpc) is 2.50. The fourth-order valence-electron chi connectivity index (χ4n) is 1.22. The predicted octanol–water partition coefficient (Wildman–Crippen LogP) is 3.15. The number of hydrogen-bond acceptors (Lipinski definition) is 0. The van der Waals surface area contributed by atoms with E-state index in [0.717, 1.165) is 6.42 Å². The van der Waals surface area contributed by atoms with Gasteiger partial charge < -0.3 is 0 Å². The van der Waals surface area contributed by atoms with Crippen LogP contribution in [0.25, 0.3) is 0 Å². The van der Waals surface area contributed by atoms with E-state index in [0.29, 0.717) is 5.92 Å². The lowest BCUT2D eigenvalue weighted by Gasteiger charge is -1.92. The first kappa shape index (κ1) is 8.40. The van der Waals surface area contributed by atoms with Crippen molar-refractivity contribution in [3.05, 3.63) is 12.2 Å². The number of hydrogen-bond donors (Lipinski definition) is 0. The van der Waals surface area contributed by atoms with Crippen LogP contribution >= 0.6 is 0 Å². The lowest BCUT2D eigenvalue weighted by atomic mass is 10.1. The minimum Gasteiger partial charge on any atom is -0.103 e. The fourth-order valence-corrected chi connectivity index (χ4v) is 1.22. The molecule has 0 nitrogen and oxygen atoms in total. The first-order chi connectivity index (χ1) is 5.43. The van der Waals surface area contributed by atoms with Gasteiger partial charge in [-0.15, -0.1) is 5.92 Å². The second kappa shape index (κ2) is 5.02. The summed E-state index contributed by atoms with van der Waals surface area (Å²) in [6.45, 7) is 2.21. The monoisotopic (exact) mass is 148 g/mol. The topological polar surface area (TPSA) is 0 Å². The van der Waals surface area contributed by atoms with Crippen LogP contribution in [0, 0.1) is 17.8 Å². The third-order valence-electron chi connectivity index (χ3n) is 1.96. The van der Waals surface area contributed by atoms with Crippen LogP contribution < -0.4 is 0 Å².